The molecule has 0 saturated carbocycles. The van der Waals surface area contributed by atoms with Crippen LogP contribution in [0.5, 0.6) is 0 Å². The summed E-state index contributed by atoms with van der Waals surface area (Å²) in [6.45, 7) is 2.18. The van der Waals surface area contributed by atoms with Gasteiger partial charge in [0.25, 0.3) is 0 Å². The van der Waals surface area contributed by atoms with E-state index in [2.05, 4.69) is 41.0 Å². The molecule has 1 atom stereocenters. The Morgan fingerprint density at radius 1 is 0.957 bits per heavy atom. The van der Waals surface area contributed by atoms with Crippen molar-refractivity contribution in [2.45, 2.75) is 19.4 Å². The van der Waals surface area contributed by atoms with Crippen molar-refractivity contribution in [3.63, 3.8) is 0 Å². The molecule has 0 aliphatic carbocycles. The highest BCUT2D eigenvalue weighted by atomic mass is 15.2. The number of hydrogen-bond acceptors (Lipinski definition) is 4. The van der Waals surface area contributed by atoms with Crippen molar-refractivity contribution >= 4 is 5.82 Å². The molecule has 0 radical (unpaired) electrons. The lowest BCUT2D eigenvalue weighted by atomic mass is 10.0. The van der Waals surface area contributed by atoms with Crippen molar-refractivity contribution in [1.29, 1.82) is 0 Å². The standard InChI is InChI=1S/C19H20N4/c1-3-17(15-9-12-20-13-10-15)23(2)18-11-14-21-19(22-18)16-7-5-4-6-8-16/h4-14,17H,3H2,1-2H3/t17-/m1/s1. The third kappa shape index (κ3) is 3.37. The number of anilines is 1. The summed E-state index contributed by atoms with van der Waals surface area (Å²) in [5, 5.41) is 0. The lowest BCUT2D eigenvalue weighted by Crippen LogP contribution is -2.24. The molecule has 0 aliphatic heterocycles. The quantitative estimate of drug-likeness (QED) is 0.711. The van der Waals surface area contributed by atoms with Crippen LogP contribution in [0, 0.1) is 0 Å². The number of hydrogen-bond donors (Lipinski definition) is 0. The largest absolute Gasteiger partial charge is 0.353 e. The van der Waals surface area contributed by atoms with Gasteiger partial charge in [0.1, 0.15) is 5.82 Å². The average Bonchev–Trinajstić information content (AvgIpc) is 2.64. The van der Waals surface area contributed by atoms with Crippen LogP contribution in [0.25, 0.3) is 11.4 Å². The minimum Gasteiger partial charge on any atom is -0.353 e. The van der Waals surface area contributed by atoms with E-state index in [1.807, 2.05) is 55.0 Å². The maximum atomic E-state index is 4.74. The molecule has 4 heteroatoms. The Morgan fingerprint density at radius 2 is 1.70 bits per heavy atom. The van der Waals surface area contributed by atoms with Gasteiger partial charge in [-0.1, -0.05) is 37.3 Å². The fourth-order valence-corrected chi connectivity index (χ4v) is 2.75. The Labute approximate surface area is 136 Å². The third-order valence-electron chi connectivity index (χ3n) is 3.98. The van der Waals surface area contributed by atoms with Crippen LogP contribution in [0.1, 0.15) is 24.9 Å². The van der Waals surface area contributed by atoms with Crippen LogP contribution in [0.15, 0.2) is 67.1 Å². The van der Waals surface area contributed by atoms with Gasteiger partial charge in [-0.25, -0.2) is 9.97 Å². The minimum absolute atomic E-state index is 0.261. The lowest BCUT2D eigenvalue weighted by Gasteiger charge is -2.28. The molecule has 0 bridgehead atoms. The zero-order valence-electron chi connectivity index (χ0n) is 13.4. The van der Waals surface area contributed by atoms with E-state index < -0.39 is 0 Å². The second-order valence-electron chi connectivity index (χ2n) is 5.42. The molecule has 116 valence electrons. The summed E-state index contributed by atoms with van der Waals surface area (Å²) in [7, 11) is 2.08. The first-order chi connectivity index (χ1) is 11.3. The van der Waals surface area contributed by atoms with E-state index in [4.69, 9.17) is 4.98 Å². The van der Waals surface area contributed by atoms with Crippen LogP contribution in [0.3, 0.4) is 0 Å². The molecule has 4 nitrogen and oxygen atoms in total. The van der Waals surface area contributed by atoms with Gasteiger partial charge in [0.15, 0.2) is 5.82 Å². The minimum atomic E-state index is 0.261. The maximum absolute atomic E-state index is 4.74. The van der Waals surface area contributed by atoms with E-state index >= 15 is 0 Å². The first-order valence-corrected chi connectivity index (χ1v) is 7.81. The summed E-state index contributed by atoms with van der Waals surface area (Å²) in [4.78, 5) is 15.4. The van der Waals surface area contributed by atoms with Gasteiger partial charge in [-0.05, 0) is 30.2 Å². The summed E-state index contributed by atoms with van der Waals surface area (Å²) in [6, 6.07) is 16.4. The molecule has 0 spiro atoms. The highest BCUT2D eigenvalue weighted by Crippen LogP contribution is 2.27. The van der Waals surface area contributed by atoms with E-state index in [9.17, 15) is 0 Å². The monoisotopic (exact) mass is 304 g/mol. The Bertz CT molecular complexity index is 744. The van der Waals surface area contributed by atoms with Gasteiger partial charge >= 0.3 is 0 Å². The molecule has 3 aromatic rings. The zero-order chi connectivity index (χ0) is 16.1. The zero-order valence-corrected chi connectivity index (χ0v) is 13.4. The average molecular weight is 304 g/mol. The molecule has 1 aromatic carbocycles. The number of aromatic nitrogens is 3. The first kappa shape index (κ1) is 15.2. The van der Waals surface area contributed by atoms with E-state index in [0.29, 0.717) is 0 Å². The Balaban J connectivity index is 1.92. The Morgan fingerprint density at radius 3 is 2.39 bits per heavy atom. The van der Waals surface area contributed by atoms with Gasteiger partial charge in [-0.15, -0.1) is 0 Å². The van der Waals surface area contributed by atoms with Crippen LogP contribution in [0.4, 0.5) is 5.82 Å². The van der Waals surface area contributed by atoms with Gasteiger partial charge < -0.3 is 4.90 Å². The van der Waals surface area contributed by atoms with Crippen molar-refractivity contribution < 1.29 is 0 Å². The number of benzene rings is 1. The van der Waals surface area contributed by atoms with Crippen molar-refractivity contribution in [2.24, 2.45) is 0 Å². The lowest BCUT2D eigenvalue weighted by molar-refractivity contribution is 0.640. The van der Waals surface area contributed by atoms with Crippen molar-refractivity contribution in [1.82, 2.24) is 15.0 Å². The van der Waals surface area contributed by atoms with Crippen LogP contribution >= 0.6 is 0 Å². The predicted molar refractivity (Wildman–Crippen MR) is 93.1 cm³/mol. The predicted octanol–water partition coefficient (Wildman–Crippen LogP) is 4.13. The maximum Gasteiger partial charge on any atom is 0.161 e. The van der Waals surface area contributed by atoms with Gasteiger partial charge in [-0.3, -0.25) is 4.98 Å². The smallest absolute Gasteiger partial charge is 0.161 e. The number of rotatable bonds is 5. The van der Waals surface area contributed by atoms with E-state index in [-0.39, 0.29) is 6.04 Å². The molecule has 0 N–H and O–H groups in total. The van der Waals surface area contributed by atoms with Crippen LogP contribution in [-0.4, -0.2) is 22.0 Å². The van der Waals surface area contributed by atoms with E-state index in [0.717, 1.165) is 23.6 Å². The third-order valence-corrected chi connectivity index (χ3v) is 3.98. The molecule has 0 amide bonds. The molecular weight excluding hydrogens is 284 g/mol. The topological polar surface area (TPSA) is 41.9 Å². The van der Waals surface area contributed by atoms with Crippen molar-refractivity contribution in [3.8, 4) is 11.4 Å². The molecule has 2 heterocycles. The van der Waals surface area contributed by atoms with E-state index in [1.165, 1.54) is 5.56 Å². The molecule has 23 heavy (non-hydrogen) atoms. The van der Waals surface area contributed by atoms with Gasteiger partial charge in [-0.2, -0.15) is 0 Å². The van der Waals surface area contributed by atoms with E-state index in [1.54, 1.807) is 0 Å². The molecule has 0 unspecified atom stereocenters. The van der Waals surface area contributed by atoms with Gasteiger partial charge in [0, 0.05) is 31.2 Å². The highest BCUT2D eigenvalue weighted by Gasteiger charge is 2.17. The summed E-state index contributed by atoms with van der Waals surface area (Å²) < 4.78 is 0. The van der Waals surface area contributed by atoms with Crippen LogP contribution in [0.2, 0.25) is 0 Å². The van der Waals surface area contributed by atoms with Gasteiger partial charge in [0.05, 0.1) is 6.04 Å². The van der Waals surface area contributed by atoms with Gasteiger partial charge in [0.2, 0.25) is 0 Å². The SMILES string of the molecule is CC[C@H](c1ccncc1)N(C)c1ccnc(-c2ccccc2)n1. The van der Waals surface area contributed by atoms with Crippen molar-refractivity contribution in [3.05, 3.63) is 72.7 Å². The van der Waals surface area contributed by atoms with Crippen LogP contribution in [-0.2, 0) is 0 Å². The normalized spacial score (nSPS) is 11.9. The number of pyridine rings is 1. The summed E-state index contributed by atoms with van der Waals surface area (Å²) in [5.41, 5.74) is 2.27. The molecule has 0 saturated heterocycles. The summed E-state index contributed by atoms with van der Waals surface area (Å²) in [6.07, 6.45) is 6.48. The Kier molecular flexibility index (Phi) is 4.62. The highest BCUT2D eigenvalue weighted by molar-refractivity contribution is 5.57. The Hall–Kier alpha value is -2.75. The molecule has 0 aliphatic rings. The summed E-state index contributed by atoms with van der Waals surface area (Å²) in [5.74, 6) is 1.67. The second kappa shape index (κ2) is 7.01. The fourth-order valence-electron chi connectivity index (χ4n) is 2.75. The fraction of sp³-hybridized carbons (Fsp3) is 0.211. The molecular formula is C19H20N4. The first-order valence-electron chi connectivity index (χ1n) is 7.81. The number of nitrogens with zero attached hydrogens (tertiary/aromatic N) is 4. The molecule has 2 aromatic heterocycles. The summed E-state index contributed by atoms with van der Waals surface area (Å²) >= 11 is 0. The molecule has 3 rings (SSSR count). The van der Waals surface area contributed by atoms with Crippen LogP contribution < -0.4 is 4.90 Å². The molecule has 0 fully saturated rings. The second-order valence-corrected chi connectivity index (χ2v) is 5.42. The van der Waals surface area contributed by atoms with Crippen molar-refractivity contribution in [2.75, 3.05) is 11.9 Å².